The Morgan fingerprint density at radius 3 is 2.54 bits per heavy atom. The van der Waals surface area contributed by atoms with Crippen LogP contribution >= 0.6 is 11.6 Å². The number of alkyl halides is 3. The van der Waals surface area contributed by atoms with E-state index < -0.39 is 52.4 Å². The minimum atomic E-state index is -5.12. The zero-order chi connectivity index (χ0) is 25.2. The van der Waals surface area contributed by atoms with E-state index in [0.717, 1.165) is 29.2 Å². The highest BCUT2D eigenvalue weighted by atomic mass is 35.5. The van der Waals surface area contributed by atoms with Crippen LogP contribution in [-0.4, -0.2) is 26.4 Å². The third-order valence-corrected chi connectivity index (χ3v) is 5.96. The van der Waals surface area contributed by atoms with Gasteiger partial charge in [0.2, 0.25) is 5.91 Å². The van der Waals surface area contributed by atoms with Crippen LogP contribution in [0.1, 0.15) is 43.4 Å². The van der Waals surface area contributed by atoms with Gasteiger partial charge >= 0.3 is 6.18 Å². The Labute approximate surface area is 197 Å². The molecule has 178 valence electrons. The molecule has 35 heavy (non-hydrogen) atoms. The van der Waals surface area contributed by atoms with Crippen molar-refractivity contribution in [3.8, 4) is 11.1 Å². The van der Waals surface area contributed by atoms with Gasteiger partial charge in [0.05, 0.1) is 22.7 Å². The molecule has 0 aliphatic carbocycles. The van der Waals surface area contributed by atoms with Crippen molar-refractivity contribution < 1.29 is 31.5 Å². The van der Waals surface area contributed by atoms with Crippen LogP contribution in [0.25, 0.3) is 16.8 Å². The quantitative estimate of drug-likeness (QED) is 0.404. The van der Waals surface area contributed by atoms with Gasteiger partial charge in [-0.05, 0) is 30.3 Å². The van der Waals surface area contributed by atoms with Crippen molar-refractivity contribution in [1.29, 1.82) is 0 Å². The summed E-state index contributed by atoms with van der Waals surface area (Å²) in [6.07, 6.45) is -2.94. The Bertz CT molecular complexity index is 1570. The number of hydrogen-bond donors (Lipinski definition) is 2. The normalized spacial score (nSPS) is 15.4. The van der Waals surface area contributed by atoms with Crippen LogP contribution in [0.2, 0.25) is 5.02 Å². The molecule has 1 aliphatic rings. The van der Waals surface area contributed by atoms with Gasteiger partial charge in [0.15, 0.2) is 5.65 Å². The Morgan fingerprint density at radius 2 is 1.86 bits per heavy atom. The van der Waals surface area contributed by atoms with Crippen LogP contribution in [0.4, 0.5) is 22.0 Å². The largest absolute Gasteiger partial charge is 0.417 e. The summed E-state index contributed by atoms with van der Waals surface area (Å²) in [6, 6.07) is 2.86. The van der Waals surface area contributed by atoms with E-state index in [1.54, 1.807) is 0 Å². The number of nitrogens with two attached hydrogens (primary N) is 1. The summed E-state index contributed by atoms with van der Waals surface area (Å²) in [5.74, 6) is -4.14. The molecule has 0 spiro atoms. The van der Waals surface area contributed by atoms with Crippen LogP contribution < -0.4 is 11.1 Å². The smallest absolute Gasteiger partial charge is 0.366 e. The van der Waals surface area contributed by atoms with Crippen molar-refractivity contribution in [3.05, 3.63) is 87.3 Å². The molecule has 0 fully saturated rings. The first-order valence-electron chi connectivity index (χ1n) is 9.80. The molecular formula is C22H11ClF5N5O2. The highest BCUT2D eigenvalue weighted by Crippen LogP contribution is 2.46. The number of pyridine rings is 1. The number of fused-ring (bicyclic) bond motifs is 3. The van der Waals surface area contributed by atoms with Crippen LogP contribution in [0, 0.1) is 11.6 Å². The second-order valence-electron chi connectivity index (χ2n) is 7.67. The molecule has 1 atom stereocenters. The van der Waals surface area contributed by atoms with Crippen molar-refractivity contribution >= 4 is 29.1 Å². The van der Waals surface area contributed by atoms with Crippen LogP contribution in [-0.2, 0) is 6.18 Å². The zero-order valence-corrected chi connectivity index (χ0v) is 17.9. The van der Waals surface area contributed by atoms with Gasteiger partial charge in [-0.2, -0.15) is 18.3 Å². The summed E-state index contributed by atoms with van der Waals surface area (Å²) >= 11 is 6.24. The fourth-order valence-corrected chi connectivity index (χ4v) is 4.48. The molecule has 5 rings (SSSR count). The minimum absolute atomic E-state index is 0.00688. The van der Waals surface area contributed by atoms with Crippen LogP contribution in [0.3, 0.4) is 0 Å². The van der Waals surface area contributed by atoms with Gasteiger partial charge in [0.1, 0.15) is 18.0 Å². The van der Waals surface area contributed by atoms with Gasteiger partial charge in [-0.3, -0.25) is 9.59 Å². The van der Waals surface area contributed by atoms with E-state index >= 15 is 0 Å². The number of halogens is 6. The number of nitrogens with one attached hydrogen (secondary N) is 1. The average Bonchev–Trinajstić information content (AvgIpc) is 3.38. The average molecular weight is 508 g/mol. The molecule has 1 aliphatic heterocycles. The predicted octanol–water partition coefficient (Wildman–Crippen LogP) is 4.28. The topological polar surface area (TPSA) is 102 Å². The molecule has 0 saturated heterocycles. The number of carbonyl (C=O) groups excluding carboxylic acids is 2. The number of rotatable bonds is 3. The summed E-state index contributed by atoms with van der Waals surface area (Å²) in [4.78, 5) is 29.1. The second-order valence-corrected chi connectivity index (χ2v) is 8.08. The van der Waals surface area contributed by atoms with E-state index in [4.69, 9.17) is 17.3 Å². The molecule has 2 aromatic heterocycles. The molecule has 0 saturated carbocycles. The standard InChI is InChI=1S/C22H11ClF5N5O2/c23-14-2-1-8(24)3-10(14)18-16-12(6-33-20(30-7-31-33)17(16)21(35)32-18)15-11(19(29)34)4-9(25)5-13(15)22(26,27)28/h1-7,18H,(H2,29,34)(H,32,35). The lowest BCUT2D eigenvalue weighted by atomic mass is 9.86. The highest BCUT2D eigenvalue weighted by Gasteiger charge is 2.41. The van der Waals surface area contributed by atoms with Gasteiger partial charge in [-0.25, -0.2) is 18.3 Å². The SMILES string of the molecule is NC(=O)c1cc(F)cc(C(F)(F)F)c1-c1cn2ncnc2c2c1C(c1cc(F)ccc1Cl)NC2=O. The molecule has 0 radical (unpaired) electrons. The van der Waals surface area contributed by atoms with Gasteiger partial charge in [-0.1, -0.05) is 11.6 Å². The lowest BCUT2D eigenvalue weighted by molar-refractivity contribution is -0.137. The van der Waals surface area contributed by atoms with Gasteiger partial charge in [0.25, 0.3) is 5.91 Å². The molecule has 4 aromatic rings. The predicted molar refractivity (Wildman–Crippen MR) is 113 cm³/mol. The van der Waals surface area contributed by atoms with E-state index in [2.05, 4.69) is 15.4 Å². The van der Waals surface area contributed by atoms with Gasteiger partial charge in [-0.15, -0.1) is 0 Å². The third kappa shape index (κ3) is 3.57. The van der Waals surface area contributed by atoms with E-state index in [1.165, 1.54) is 6.07 Å². The number of carbonyl (C=O) groups is 2. The molecule has 0 bridgehead atoms. The second kappa shape index (κ2) is 7.73. The lowest BCUT2D eigenvalue weighted by Gasteiger charge is -2.21. The minimum Gasteiger partial charge on any atom is -0.366 e. The first-order valence-corrected chi connectivity index (χ1v) is 10.2. The number of benzene rings is 2. The van der Waals surface area contributed by atoms with E-state index in [9.17, 15) is 31.5 Å². The summed E-state index contributed by atoms with van der Waals surface area (Å²) < 4.78 is 71.5. The summed E-state index contributed by atoms with van der Waals surface area (Å²) in [5, 5.41) is 6.49. The van der Waals surface area contributed by atoms with Crippen LogP contribution in [0.15, 0.2) is 42.9 Å². The van der Waals surface area contributed by atoms with E-state index in [1.807, 2.05) is 0 Å². The highest BCUT2D eigenvalue weighted by molar-refractivity contribution is 6.31. The zero-order valence-electron chi connectivity index (χ0n) is 17.1. The monoisotopic (exact) mass is 507 g/mol. The number of hydrogen-bond acceptors (Lipinski definition) is 4. The third-order valence-electron chi connectivity index (χ3n) is 5.61. The number of aromatic nitrogens is 3. The molecule has 3 N–H and O–H groups in total. The molecule has 13 heteroatoms. The molecule has 1 unspecified atom stereocenters. The maximum atomic E-state index is 14.1. The van der Waals surface area contributed by atoms with Gasteiger partial charge < -0.3 is 11.1 Å². The fourth-order valence-electron chi connectivity index (χ4n) is 4.25. The summed E-state index contributed by atoms with van der Waals surface area (Å²) in [7, 11) is 0. The Kier molecular flexibility index (Phi) is 5.02. The molecule has 7 nitrogen and oxygen atoms in total. The Hall–Kier alpha value is -4.06. The van der Waals surface area contributed by atoms with Crippen molar-refractivity contribution in [2.24, 2.45) is 5.73 Å². The maximum Gasteiger partial charge on any atom is 0.417 e. The summed E-state index contributed by atoms with van der Waals surface area (Å²) in [5.41, 5.74) is 1.75. The number of primary amides is 1. The van der Waals surface area contributed by atoms with E-state index in [0.29, 0.717) is 6.07 Å². The molecular weight excluding hydrogens is 497 g/mol. The Morgan fingerprint density at radius 1 is 1.11 bits per heavy atom. The van der Waals surface area contributed by atoms with Crippen LogP contribution in [0.5, 0.6) is 0 Å². The number of amides is 2. The van der Waals surface area contributed by atoms with E-state index in [-0.39, 0.29) is 39.0 Å². The maximum absolute atomic E-state index is 14.1. The molecule has 2 aromatic carbocycles. The number of nitrogens with zero attached hydrogens (tertiary/aromatic N) is 3. The van der Waals surface area contributed by atoms with Crippen molar-refractivity contribution in [2.75, 3.05) is 0 Å². The first-order chi connectivity index (χ1) is 16.5. The van der Waals surface area contributed by atoms with Crippen molar-refractivity contribution in [2.45, 2.75) is 12.2 Å². The molecule has 3 heterocycles. The summed E-state index contributed by atoms with van der Waals surface area (Å²) in [6.45, 7) is 0. The van der Waals surface area contributed by atoms with Crippen molar-refractivity contribution in [3.63, 3.8) is 0 Å². The lowest BCUT2D eigenvalue weighted by Crippen LogP contribution is -2.21. The fraction of sp³-hybridized carbons (Fsp3) is 0.0909. The molecule has 2 amide bonds. The Balaban J connectivity index is 1.95. The van der Waals surface area contributed by atoms with Crippen molar-refractivity contribution in [1.82, 2.24) is 19.9 Å². The first kappa shape index (κ1) is 22.7. The van der Waals surface area contributed by atoms with Gasteiger partial charge in [0, 0.05) is 33.5 Å².